The number of allylic oxidation sites excluding steroid dienone is 1. The number of Topliss-reactive ketones (excluding diaryl/α,β-unsaturated/α-hetero) is 1. The van der Waals surface area contributed by atoms with E-state index in [-0.39, 0.29) is 18.1 Å². The van der Waals surface area contributed by atoms with Crippen molar-refractivity contribution < 1.29 is 24.5 Å². The number of aromatic nitrogens is 1. The Balaban J connectivity index is 1.64. The number of nitrogens with zero attached hydrogens (tertiary/aromatic N) is 1. The summed E-state index contributed by atoms with van der Waals surface area (Å²) in [7, 11) is 0. The first kappa shape index (κ1) is 27.0. The summed E-state index contributed by atoms with van der Waals surface area (Å²) in [5.74, 6) is -0.562. The van der Waals surface area contributed by atoms with Crippen LogP contribution in [0.3, 0.4) is 0 Å². The molecule has 0 amide bonds. The van der Waals surface area contributed by atoms with Gasteiger partial charge in [-0.05, 0) is 62.1 Å². The van der Waals surface area contributed by atoms with E-state index >= 15 is 0 Å². The van der Waals surface area contributed by atoms with Gasteiger partial charge in [-0.15, -0.1) is 11.3 Å². The molecule has 2 heterocycles. The quantitative estimate of drug-likeness (QED) is 0.384. The number of carbonyl (C=O) groups is 2. The summed E-state index contributed by atoms with van der Waals surface area (Å²) < 4.78 is 7.00. The van der Waals surface area contributed by atoms with Crippen LogP contribution in [0.5, 0.6) is 0 Å². The molecule has 36 heavy (non-hydrogen) atoms. The van der Waals surface area contributed by atoms with Crippen LogP contribution in [0, 0.1) is 36.0 Å². The van der Waals surface area contributed by atoms with Crippen molar-refractivity contribution in [2.24, 2.45) is 29.1 Å². The molecule has 1 aliphatic heterocycles. The van der Waals surface area contributed by atoms with Crippen LogP contribution in [0.25, 0.3) is 10.2 Å². The maximum absolute atomic E-state index is 13.3. The van der Waals surface area contributed by atoms with Crippen LogP contribution >= 0.6 is 11.3 Å². The van der Waals surface area contributed by atoms with Gasteiger partial charge in [0.25, 0.3) is 0 Å². The second kappa shape index (κ2) is 10.3. The topological polar surface area (TPSA) is 96.7 Å². The summed E-state index contributed by atoms with van der Waals surface area (Å²) >= 11 is 1.63. The SMILES string of the molecule is C/C1=C/C[C@@H](c2ccc3sc(C)nc3c2)OC(=O)C[C@H](O)C(C)(C)C(=O)[C@H](C)[C@@H](O)[C@@H](C)C2CC2C1. The van der Waals surface area contributed by atoms with Gasteiger partial charge in [0.05, 0.1) is 39.3 Å². The molecule has 2 N–H and O–H groups in total. The second-order valence-electron chi connectivity index (χ2n) is 11.5. The number of fused-ring (bicyclic) bond motifs is 2. The van der Waals surface area contributed by atoms with E-state index in [1.54, 1.807) is 32.1 Å². The van der Waals surface area contributed by atoms with Crippen molar-refractivity contribution in [1.29, 1.82) is 0 Å². The predicted octanol–water partition coefficient (Wildman–Crippen LogP) is 5.54. The Morgan fingerprint density at radius 3 is 2.56 bits per heavy atom. The fourth-order valence-corrected chi connectivity index (χ4v) is 6.51. The smallest absolute Gasteiger partial charge is 0.309 e. The first-order valence-electron chi connectivity index (χ1n) is 13.0. The molecule has 7 heteroatoms. The van der Waals surface area contributed by atoms with Crippen LogP contribution < -0.4 is 0 Å². The zero-order chi connectivity index (χ0) is 26.4. The molecule has 4 rings (SSSR count). The third kappa shape index (κ3) is 5.58. The minimum Gasteiger partial charge on any atom is -0.457 e. The van der Waals surface area contributed by atoms with Crippen molar-refractivity contribution in [3.63, 3.8) is 0 Å². The highest BCUT2D eigenvalue weighted by Crippen LogP contribution is 2.50. The van der Waals surface area contributed by atoms with Gasteiger partial charge in [0, 0.05) is 12.3 Å². The fourth-order valence-electron chi connectivity index (χ4n) is 5.70. The monoisotopic (exact) mass is 513 g/mol. The van der Waals surface area contributed by atoms with Gasteiger partial charge in [0.15, 0.2) is 0 Å². The number of esters is 1. The Hall–Kier alpha value is -2.09. The molecule has 2 aliphatic rings. The maximum Gasteiger partial charge on any atom is 0.309 e. The molecule has 1 aliphatic carbocycles. The molecule has 0 saturated heterocycles. The van der Waals surface area contributed by atoms with Gasteiger partial charge < -0.3 is 14.9 Å². The Morgan fingerprint density at radius 1 is 1.11 bits per heavy atom. The van der Waals surface area contributed by atoms with Crippen LogP contribution in [0.2, 0.25) is 0 Å². The second-order valence-corrected chi connectivity index (χ2v) is 12.8. The number of cyclic esters (lactones) is 1. The zero-order valence-electron chi connectivity index (χ0n) is 22.2. The lowest BCUT2D eigenvalue weighted by Gasteiger charge is -2.34. The number of ether oxygens (including phenoxy) is 1. The van der Waals surface area contributed by atoms with E-state index in [4.69, 9.17) is 4.74 Å². The van der Waals surface area contributed by atoms with Gasteiger partial charge in [0.1, 0.15) is 11.9 Å². The van der Waals surface area contributed by atoms with Crippen LogP contribution in [-0.4, -0.2) is 39.2 Å². The first-order chi connectivity index (χ1) is 16.9. The van der Waals surface area contributed by atoms with Gasteiger partial charge >= 0.3 is 5.97 Å². The highest BCUT2D eigenvalue weighted by Gasteiger charge is 2.47. The number of benzene rings is 1. The predicted molar refractivity (Wildman–Crippen MR) is 142 cm³/mol. The van der Waals surface area contributed by atoms with Crippen molar-refractivity contribution in [1.82, 2.24) is 4.98 Å². The number of hydrogen-bond donors (Lipinski definition) is 2. The minimum absolute atomic E-state index is 0.00592. The van der Waals surface area contributed by atoms with Crippen LogP contribution in [-0.2, 0) is 14.3 Å². The molecule has 2 aromatic rings. The Bertz CT molecular complexity index is 1170. The van der Waals surface area contributed by atoms with Crippen LogP contribution in [0.1, 0.15) is 77.0 Å². The molecular weight excluding hydrogens is 474 g/mol. The first-order valence-corrected chi connectivity index (χ1v) is 13.8. The Kier molecular flexibility index (Phi) is 7.75. The standard InChI is InChI=1S/C29H39NO5S/c1-15-7-9-23(19-8-10-24-22(13-19)30-18(4)36-24)35-26(32)14-25(31)29(5,6)28(34)17(3)27(33)16(2)21-12-20(21)11-15/h7-8,10,13,16-17,20-21,23,25,27,31,33H,9,11-12,14H2,1-6H3/b15-7-/t16-,17+,20?,21?,23-,25-,27-/m0/s1. The molecule has 7 atom stereocenters. The Labute approximate surface area is 217 Å². The molecule has 6 nitrogen and oxygen atoms in total. The lowest BCUT2D eigenvalue weighted by Crippen LogP contribution is -2.45. The van der Waals surface area contributed by atoms with Crippen molar-refractivity contribution in [3.05, 3.63) is 40.4 Å². The van der Waals surface area contributed by atoms with E-state index in [2.05, 4.69) is 18.0 Å². The molecule has 2 unspecified atom stereocenters. The average molecular weight is 514 g/mol. The molecule has 0 radical (unpaired) electrons. The highest BCUT2D eigenvalue weighted by atomic mass is 32.1. The van der Waals surface area contributed by atoms with Crippen molar-refractivity contribution >= 4 is 33.3 Å². The molecule has 196 valence electrons. The number of aliphatic hydroxyl groups is 2. The minimum atomic E-state index is -1.22. The number of hydrogen-bond acceptors (Lipinski definition) is 7. The molecule has 1 aromatic carbocycles. The fraction of sp³-hybridized carbons (Fsp3) is 0.621. The van der Waals surface area contributed by atoms with Gasteiger partial charge in [-0.3, -0.25) is 9.59 Å². The van der Waals surface area contributed by atoms with Crippen LogP contribution in [0.15, 0.2) is 29.8 Å². The molecule has 1 fully saturated rings. The van der Waals surface area contributed by atoms with Gasteiger partial charge in [-0.25, -0.2) is 4.98 Å². The maximum atomic E-state index is 13.3. The number of rotatable bonds is 1. The van der Waals surface area contributed by atoms with E-state index < -0.39 is 35.6 Å². The zero-order valence-corrected chi connectivity index (χ0v) is 23.0. The molecule has 1 saturated carbocycles. The lowest BCUT2D eigenvalue weighted by atomic mass is 9.72. The van der Waals surface area contributed by atoms with E-state index in [0.29, 0.717) is 18.3 Å². The average Bonchev–Trinajstić information content (AvgIpc) is 3.48. The summed E-state index contributed by atoms with van der Waals surface area (Å²) in [6, 6.07) is 5.97. The molecule has 0 spiro atoms. The number of aliphatic hydroxyl groups excluding tert-OH is 2. The van der Waals surface area contributed by atoms with E-state index in [9.17, 15) is 19.8 Å². The van der Waals surface area contributed by atoms with Crippen molar-refractivity contribution in [2.75, 3.05) is 0 Å². The summed E-state index contributed by atoms with van der Waals surface area (Å²) in [6.07, 6.45) is 1.84. The van der Waals surface area contributed by atoms with E-state index in [1.165, 1.54) is 5.57 Å². The number of ketones is 1. The molecule has 1 aromatic heterocycles. The lowest BCUT2D eigenvalue weighted by molar-refractivity contribution is -0.155. The van der Waals surface area contributed by atoms with Crippen molar-refractivity contribution in [2.45, 2.75) is 85.5 Å². The number of thiazole rings is 1. The third-order valence-electron chi connectivity index (χ3n) is 8.37. The third-order valence-corrected chi connectivity index (χ3v) is 9.33. The van der Waals surface area contributed by atoms with Crippen molar-refractivity contribution in [3.8, 4) is 0 Å². The molecule has 0 bridgehead atoms. The summed E-state index contributed by atoms with van der Waals surface area (Å²) in [4.78, 5) is 30.9. The largest absolute Gasteiger partial charge is 0.457 e. The number of aryl methyl sites for hydroxylation is 1. The number of carbonyl (C=O) groups excluding carboxylic acids is 2. The summed E-state index contributed by atoms with van der Waals surface area (Å²) in [6.45, 7) is 11.1. The van der Waals surface area contributed by atoms with Gasteiger partial charge in [-0.2, -0.15) is 0 Å². The van der Waals surface area contributed by atoms with E-state index in [1.807, 2.05) is 32.0 Å². The summed E-state index contributed by atoms with van der Waals surface area (Å²) in [5, 5.41) is 22.9. The normalized spacial score (nSPS) is 35.6. The van der Waals surface area contributed by atoms with Gasteiger partial charge in [-0.1, -0.05) is 45.4 Å². The Morgan fingerprint density at radius 2 is 1.83 bits per heavy atom. The van der Waals surface area contributed by atoms with Crippen LogP contribution in [0.4, 0.5) is 0 Å². The van der Waals surface area contributed by atoms with Gasteiger partial charge in [0.2, 0.25) is 0 Å². The van der Waals surface area contributed by atoms with E-state index in [0.717, 1.165) is 33.6 Å². The molecular formula is C29H39NO5S. The highest BCUT2D eigenvalue weighted by molar-refractivity contribution is 7.18. The summed E-state index contributed by atoms with van der Waals surface area (Å²) in [5.41, 5.74) is 1.79.